The number of hydrogen-bond donors (Lipinski definition) is 3. The largest absolute Gasteiger partial charge is 0.393 e. The second-order valence-corrected chi connectivity index (χ2v) is 5.87. The molecule has 0 unspecified atom stereocenters. The van der Waals surface area contributed by atoms with Gasteiger partial charge >= 0.3 is 6.03 Å². The number of nitrogens with one attached hydrogen (secondary N) is 2. The minimum atomic E-state index is -0.201. The van der Waals surface area contributed by atoms with E-state index < -0.39 is 0 Å². The van der Waals surface area contributed by atoms with Gasteiger partial charge in [-0.25, -0.2) is 4.79 Å². The summed E-state index contributed by atoms with van der Waals surface area (Å²) in [6.07, 6.45) is 3.01. The van der Waals surface area contributed by atoms with E-state index in [1.807, 2.05) is 25.1 Å². The Morgan fingerprint density at radius 3 is 2.68 bits per heavy atom. The Morgan fingerprint density at radius 1 is 1.32 bits per heavy atom. The smallest absolute Gasteiger partial charge is 0.319 e. The number of benzene rings is 1. The number of aliphatic hydroxyl groups excluding tert-OH is 1. The SMILES string of the molecule is Cc1c(Br)cccc1NC(=O)NC1CCC(O)CC1. The zero-order chi connectivity index (χ0) is 13.8. The number of carbonyl (C=O) groups is 1. The van der Waals surface area contributed by atoms with Crippen LogP contribution in [0.3, 0.4) is 0 Å². The zero-order valence-corrected chi connectivity index (χ0v) is 12.5. The van der Waals surface area contributed by atoms with Crippen molar-refractivity contribution in [2.45, 2.75) is 44.8 Å². The van der Waals surface area contributed by atoms with Gasteiger partial charge in [0.15, 0.2) is 0 Å². The van der Waals surface area contributed by atoms with Crippen molar-refractivity contribution in [1.82, 2.24) is 5.32 Å². The van der Waals surface area contributed by atoms with Crippen molar-refractivity contribution >= 4 is 27.6 Å². The lowest BCUT2D eigenvalue weighted by atomic mass is 9.93. The van der Waals surface area contributed by atoms with Crippen LogP contribution >= 0.6 is 15.9 Å². The molecule has 2 rings (SSSR count). The quantitative estimate of drug-likeness (QED) is 0.781. The van der Waals surface area contributed by atoms with Crippen LogP contribution in [0.1, 0.15) is 31.2 Å². The van der Waals surface area contributed by atoms with Crippen molar-refractivity contribution in [2.24, 2.45) is 0 Å². The Bertz CT molecular complexity index is 457. The third kappa shape index (κ3) is 3.94. The minimum Gasteiger partial charge on any atom is -0.393 e. The molecule has 0 aromatic heterocycles. The van der Waals surface area contributed by atoms with Crippen molar-refractivity contribution in [3.05, 3.63) is 28.2 Å². The Kier molecular flexibility index (Phi) is 4.82. The van der Waals surface area contributed by atoms with Gasteiger partial charge in [0.2, 0.25) is 0 Å². The molecule has 1 aromatic rings. The van der Waals surface area contributed by atoms with Gasteiger partial charge in [-0.1, -0.05) is 22.0 Å². The van der Waals surface area contributed by atoms with Crippen LogP contribution in [0.2, 0.25) is 0 Å². The molecule has 3 N–H and O–H groups in total. The molecule has 19 heavy (non-hydrogen) atoms. The lowest BCUT2D eigenvalue weighted by Gasteiger charge is -2.26. The first kappa shape index (κ1) is 14.3. The van der Waals surface area contributed by atoms with Crippen molar-refractivity contribution < 1.29 is 9.90 Å². The fourth-order valence-electron chi connectivity index (χ4n) is 2.31. The van der Waals surface area contributed by atoms with E-state index in [0.29, 0.717) is 0 Å². The summed E-state index contributed by atoms with van der Waals surface area (Å²) >= 11 is 3.44. The van der Waals surface area contributed by atoms with Gasteiger partial charge in [-0.3, -0.25) is 0 Å². The Labute approximate surface area is 121 Å². The highest BCUT2D eigenvalue weighted by Crippen LogP contribution is 2.23. The van der Waals surface area contributed by atoms with Crippen molar-refractivity contribution in [2.75, 3.05) is 5.32 Å². The third-order valence-electron chi connectivity index (χ3n) is 3.55. The molecule has 0 aliphatic heterocycles. The van der Waals surface area contributed by atoms with Crippen LogP contribution in [0.5, 0.6) is 0 Å². The molecule has 0 heterocycles. The molecule has 0 saturated heterocycles. The first-order valence-electron chi connectivity index (χ1n) is 6.57. The van der Waals surface area contributed by atoms with Gasteiger partial charge in [0, 0.05) is 16.2 Å². The maximum Gasteiger partial charge on any atom is 0.319 e. The molecule has 1 fully saturated rings. The predicted octanol–water partition coefficient (Wildman–Crippen LogP) is 3.18. The molecule has 1 aromatic carbocycles. The molecule has 0 atom stereocenters. The molecule has 2 amide bonds. The Hall–Kier alpha value is -1.07. The third-order valence-corrected chi connectivity index (χ3v) is 4.41. The van der Waals surface area contributed by atoms with Crippen molar-refractivity contribution in [3.63, 3.8) is 0 Å². The summed E-state index contributed by atoms with van der Waals surface area (Å²) < 4.78 is 0.978. The number of hydrogen-bond acceptors (Lipinski definition) is 2. The maximum atomic E-state index is 11.9. The van der Waals surface area contributed by atoms with E-state index in [0.717, 1.165) is 41.4 Å². The van der Waals surface area contributed by atoms with E-state index in [-0.39, 0.29) is 18.2 Å². The predicted molar refractivity (Wildman–Crippen MR) is 79.3 cm³/mol. The van der Waals surface area contributed by atoms with Crippen molar-refractivity contribution in [3.8, 4) is 0 Å². The second-order valence-electron chi connectivity index (χ2n) is 5.02. The number of halogens is 1. The van der Waals surface area contributed by atoms with Crippen molar-refractivity contribution in [1.29, 1.82) is 0 Å². The van der Waals surface area contributed by atoms with Gasteiger partial charge in [0.1, 0.15) is 0 Å². The van der Waals surface area contributed by atoms with E-state index >= 15 is 0 Å². The monoisotopic (exact) mass is 326 g/mol. The summed E-state index contributed by atoms with van der Waals surface area (Å²) in [6.45, 7) is 1.96. The van der Waals surface area contributed by atoms with Gasteiger partial charge in [0.25, 0.3) is 0 Å². The molecular formula is C14H19BrN2O2. The highest BCUT2D eigenvalue weighted by Gasteiger charge is 2.20. The topological polar surface area (TPSA) is 61.4 Å². The normalized spacial score (nSPS) is 22.9. The number of aliphatic hydroxyl groups is 1. The summed E-state index contributed by atoms with van der Waals surface area (Å²) in [6, 6.07) is 5.70. The molecule has 4 nitrogen and oxygen atoms in total. The molecular weight excluding hydrogens is 308 g/mol. The minimum absolute atomic E-state index is 0.163. The van der Waals surface area contributed by atoms with Crippen LogP contribution in [0.25, 0.3) is 0 Å². The van der Waals surface area contributed by atoms with Gasteiger partial charge < -0.3 is 15.7 Å². The van der Waals surface area contributed by atoms with Gasteiger partial charge in [-0.15, -0.1) is 0 Å². The van der Waals surface area contributed by atoms with Crippen LogP contribution in [0.15, 0.2) is 22.7 Å². The van der Waals surface area contributed by atoms with E-state index in [1.54, 1.807) is 0 Å². The number of carbonyl (C=O) groups excluding carboxylic acids is 1. The standard InChI is InChI=1S/C14H19BrN2O2/c1-9-12(15)3-2-4-13(9)17-14(19)16-10-5-7-11(18)8-6-10/h2-4,10-11,18H,5-8H2,1H3,(H2,16,17,19). The molecule has 0 spiro atoms. The molecule has 1 aliphatic rings. The van der Waals surface area contributed by atoms with E-state index in [4.69, 9.17) is 0 Å². The summed E-state index contributed by atoms with van der Waals surface area (Å²) in [7, 11) is 0. The van der Waals surface area contributed by atoms with E-state index in [2.05, 4.69) is 26.6 Å². The van der Waals surface area contributed by atoms with Crippen LogP contribution in [0, 0.1) is 6.92 Å². The van der Waals surface area contributed by atoms with E-state index in [1.165, 1.54) is 0 Å². The first-order valence-corrected chi connectivity index (χ1v) is 7.36. The van der Waals surface area contributed by atoms with Crippen LogP contribution < -0.4 is 10.6 Å². The number of urea groups is 1. The summed E-state index contributed by atoms with van der Waals surface area (Å²) in [5, 5.41) is 15.3. The molecule has 1 saturated carbocycles. The van der Waals surface area contributed by atoms with Gasteiger partial charge in [-0.2, -0.15) is 0 Å². The number of anilines is 1. The molecule has 5 heteroatoms. The Balaban J connectivity index is 1.89. The first-order chi connectivity index (χ1) is 9.06. The molecule has 1 aliphatic carbocycles. The Morgan fingerprint density at radius 2 is 2.00 bits per heavy atom. The van der Waals surface area contributed by atoms with Crippen LogP contribution in [0.4, 0.5) is 10.5 Å². The lowest BCUT2D eigenvalue weighted by molar-refractivity contribution is 0.118. The van der Waals surface area contributed by atoms with Gasteiger partial charge in [0.05, 0.1) is 6.10 Å². The second kappa shape index (κ2) is 6.39. The fourth-order valence-corrected chi connectivity index (χ4v) is 2.67. The number of amides is 2. The van der Waals surface area contributed by atoms with Gasteiger partial charge in [-0.05, 0) is 50.3 Å². The maximum absolute atomic E-state index is 11.9. The summed E-state index contributed by atoms with van der Waals surface area (Å²) in [4.78, 5) is 11.9. The molecule has 0 radical (unpaired) electrons. The summed E-state index contributed by atoms with van der Waals surface area (Å²) in [5.74, 6) is 0. The molecule has 0 bridgehead atoms. The fraction of sp³-hybridized carbons (Fsp3) is 0.500. The summed E-state index contributed by atoms with van der Waals surface area (Å²) in [5.41, 5.74) is 1.82. The zero-order valence-electron chi connectivity index (χ0n) is 10.9. The average Bonchev–Trinajstić information content (AvgIpc) is 2.38. The van der Waals surface area contributed by atoms with Crippen LogP contribution in [-0.2, 0) is 0 Å². The molecule has 104 valence electrons. The van der Waals surface area contributed by atoms with Crippen LogP contribution in [-0.4, -0.2) is 23.3 Å². The highest BCUT2D eigenvalue weighted by atomic mass is 79.9. The lowest BCUT2D eigenvalue weighted by Crippen LogP contribution is -2.41. The average molecular weight is 327 g/mol. The highest BCUT2D eigenvalue weighted by molar-refractivity contribution is 9.10. The number of rotatable bonds is 2. The van der Waals surface area contributed by atoms with E-state index in [9.17, 15) is 9.90 Å².